The molecule has 1 saturated carbocycles. The molecule has 0 nitrogen and oxygen atoms in total. The summed E-state index contributed by atoms with van der Waals surface area (Å²) in [6, 6.07) is 8.81. The van der Waals surface area contributed by atoms with E-state index >= 15 is 0 Å². The lowest BCUT2D eigenvalue weighted by Gasteiger charge is -2.59. The quantitative estimate of drug-likeness (QED) is 0.672. The standard InChI is InChI=1S/C14H19Br/c1-13(2)9-12(14(13,3)4)10-5-7-11(15)8-6-10/h5-8,12H,9H2,1-4H3. The average Bonchev–Trinajstić information content (AvgIpc) is 2.16. The van der Waals surface area contributed by atoms with Crippen molar-refractivity contribution in [3.63, 3.8) is 0 Å². The molecule has 1 fully saturated rings. The first kappa shape index (κ1) is 11.2. The van der Waals surface area contributed by atoms with E-state index in [0.29, 0.717) is 10.8 Å². The van der Waals surface area contributed by atoms with Crippen LogP contribution in [0.5, 0.6) is 0 Å². The van der Waals surface area contributed by atoms with Crippen LogP contribution < -0.4 is 0 Å². The smallest absolute Gasteiger partial charge is 0.0175 e. The van der Waals surface area contributed by atoms with Gasteiger partial charge in [0.2, 0.25) is 0 Å². The number of hydrogen-bond acceptors (Lipinski definition) is 0. The topological polar surface area (TPSA) is 0 Å². The van der Waals surface area contributed by atoms with E-state index in [1.807, 2.05) is 0 Å². The van der Waals surface area contributed by atoms with E-state index in [2.05, 4.69) is 67.9 Å². The van der Waals surface area contributed by atoms with Gasteiger partial charge in [0.15, 0.2) is 0 Å². The summed E-state index contributed by atoms with van der Waals surface area (Å²) in [5.41, 5.74) is 2.38. The van der Waals surface area contributed by atoms with Gasteiger partial charge in [-0.3, -0.25) is 0 Å². The Morgan fingerprint density at radius 1 is 1.07 bits per heavy atom. The first-order valence-corrected chi connectivity index (χ1v) is 6.39. The number of benzene rings is 1. The zero-order valence-corrected chi connectivity index (χ0v) is 11.6. The molecule has 0 aromatic heterocycles. The molecule has 82 valence electrons. The summed E-state index contributed by atoms with van der Waals surface area (Å²) in [5, 5.41) is 0. The lowest BCUT2D eigenvalue weighted by molar-refractivity contribution is -0.0487. The fourth-order valence-corrected chi connectivity index (χ4v) is 2.86. The highest BCUT2D eigenvalue weighted by atomic mass is 79.9. The summed E-state index contributed by atoms with van der Waals surface area (Å²) in [5.74, 6) is 0.723. The molecule has 0 saturated heterocycles. The highest BCUT2D eigenvalue weighted by Crippen LogP contribution is 2.64. The second-order valence-corrected chi connectivity index (χ2v) is 6.83. The minimum Gasteiger partial charge on any atom is -0.0594 e. The third-order valence-electron chi connectivity index (χ3n) is 4.60. The van der Waals surface area contributed by atoms with E-state index in [9.17, 15) is 0 Å². The molecular formula is C14H19Br. The Balaban J connectivity index is 2.25. The van der Waals surface area contributed by atoms with Gasteiger partial charge < -0.3 is 0 Å². The molecule has 1 unspecified atom stereocenters. The van der Waals surface area contributed by atoms with Gasteiger partial charge in [-0.1, -0.05) is 55.8 Å². The summed E-state index contributed by atoms with van der Waals surface area (Å²) in [6.45, 7) is 9.54. The third kappa shape index (κ3) is 1.65. The molecule has 1 atom stereocenters. The van der Waals surface area contributed by atoms with Gasteiger partial charge in [-0.2, -0.15) is 0 Å². The summed E-state index contributed by atoms with van der Waals surface area (Å²) >= 11 is 3.49. The van der Waals surface area contributed by atoms with Crippen molar-refractivity contribution in [3.05, 3.63) is 34.3 Å². The van der Waals surface area contributed by atoms with Crippen molar-refractivity contribution < 1.29 is 0 Å². The van der Waals surface area contributed by atoms with Crippen LogP contribution in [0.3, 0.4) is 0 Å². The molecule has 0 aliphatic heterocycles. The van der Waals surface area contributed by atoms with Crippen molar-refractivity contribution >= 4 is 15.9 Å². The highest BCUT2D eigenvalue weighted by Gasteiger charge is 2.53. The van der Waals surface area contributed by atoms with Gasteiger partial charge in [0.25, 0.3) is 0 Å². The number of halogens is 1. The Bertz CT molecular complexity index is 359. The summed E-state index contributed by atoms with van der Waals surface area (Å²) in [7, 11) is 0. The van der Waals surface area contributed by atoms with E-state index in [0.717, 1.165) is 5.92 Å². The molecule has 15 heavy (non-hydrogen) atoms. The second kappa shape index (κ2) is 3.35. The molecule has 0 N–H and O–H groups in total. The van der Waals surface area contributed by atoms with Gasteiger partial charge in [0.05, 0.1) is 0 Å². The van der Waals surface area contributed by atoms with E-state index in [4.69, 9.17) is 0 Å². The Hall–Kier alpha value is -0.300. The molecule has 0 bridgehead atoms. The number of rotatable bonds is 1. The monoisotopic (exact) mass is 266 g/mol. The van der Waals surface area contributed by atoms with Crippen molar-refractivity contribution in [2.24, 2.45) is 10.8 Å². The molecule has 0 radical (unpaired) electrons. The van der Waals surface area contributed by atoms with E-state index < -0.39 is 0 Å². The predicted molar refractivity (Wildman–Crippen MR) is 69.1 cm³/mol. The Morgan fingerprint density at radius 2 is 1.60 bits per heavy atom. The van der Waals surface area contributed by atoms with Crippen LogP contribution in [-0.2, 0) is 0 Å². The molecule has 0 spiro atoms. The van der Waals surface area contributed by atoms with Gasteiger partial charge in [-0.05, 0) is 40.9 Å². The zero-order chi connectivity index (χ0) is 11.3. The van der Waals surface area contributed by atoms with E-state index in [1.165, 1.54) is 16.5 Å². The first-order chi connectivity index (χ1) is 6.84. The van der Waals surface area contributed by atoms with Crippen LogP contribution >= 0.6 is 15.9 Å². The lowest BCUT2D eigenvalue weighted by Crippen LogP contribution is -2.49. The van der Waals surface area contributed by atoms with Crippen LogP contribution in [0.25, 0.3) is 0 Å². The third-order valence-corrected chi connectivity index (χ3v) is 5.13. The molecular weight excluding hydrogens is 248 g/mol. The summed E-state index contributed by atoms with van der Waals surface area (Å²) in [6.07, 6.45) is 1.31. The predicted octanol–water partition coefficient (Wildman–Crippen LogP) is 4.99. The van der Waals surface area contributed by atoms with Crippen molar-refractivity contribution in [2.75, 3.05) is 0 Å². The van der Waals surface area contributed by atoms with Gasteiger partial charge >= 0.3 is 0 Å². The van der Waals surface area contributed by atoms with Crippen molar-refractivity contribution in [1.29, 1.82) is 0 Å². The average molecular weight is 267 g/mol. The largest absolute Gasteiger partial charge is 0.0594 e. The van der Waals surface area contributed by atoms with Gasteiger partial charge in [0.1, 0.15) is 0 Å². The molecule has 1 aromatic carbocycles. The molecule has 0 heterocycles. The van der Waals surface area contributed by atoms with Crippen LogP contribution in [-0.4, -0.2) is 0 Å². The first-order valence-electron chi connectivity index (χ1n) is 5.60. The fraction of sp³-hybridized carbons (Fsp3) is 0.571. The van der Waals surface area contributed by atoms with Crippen LogP contribution in [0, 0.1) is 10.8 Å². The Morgan fingerprint density at radius 3 is 2.00 bits per heavy atom. The maximum atomic E-state index is 3.49. The SMILES string of the molecule is CC1(C)CC(c2ccc(Br)cc2)C1(C)C. The molecule has 1 heteroatoms. The Labute approximate surface area is 101 Å². The minimum atomic E-state index is 0.417. The number of hydrogen-bond donors (Lipinski definition) is 0. The summed E-state index contributed by atoms with van der Waals surface area (Å²) < 4.78 is 1.17. The maximum Gasteiger partial charge on any atom is 0.0175 e. The molecule has 2 rings (SSSR count). The van der Waals surface area contributed by atoms with Crippen LogP contribution in [0.2, 0.25) is 0 Å². The molecule has 1 aliphatic carbocycles. The zero-order valence-electron chi connectivity index (χ0n) is 9.97. The highest BCUT2D eigenvalue weighted by molar-refractivity contribution is 9.10. The molecule has 1 aromatic rings. The normalized spacial score (nSPS) is 27.1. The molecule has 0 amide bonds. The van der Waals surface area contributed by atoms with Gasteiger partial charge in [-0.25, -0.2) is 0 Å². The van der Waals surface area contributed by atoms with Gasteiger partial charge in [-0.15, -0.1) is 0 Å². The molecule has 1 aliphatic rings. The van der Waals surface area contributed by atoms with E-state index in [1.54, 1.807) is 0 Å². The van der Waals surface area contributed by atoms with Crippen molar-refractivity contribution in [2.45, 2.75) is 40.0 Å². The lowest BCUT2D eigenvalue weighted by atomic mass is 9.45. The van der Waals surface area contributed by atoms with Gasteiger partial charge in [0, 0.05) is 4.47 Å². The minimum absolute atomic E-state index is 0.417. The maximum absolute atomic E-state index is 3.49. The fourth-order valence-electron chi connectivity index (χ4n) is 2.60. The van der Waals surface area contributed by atoms with Crippen LogP contribution in [0.4, 0.5) is 0 Å². The van der Waals surface area contributed by atoms with Crippen LogP contribution in [0.15, 0.2) is 28.7 Å². The van der Waals surface area contributed by atoms with Crippen LogP contribution in [0.1, 0.15) is 45.6 Å². The second-order valence-electron chi connectivity index (χ2n) is 5.91. The van der Waals surface area contributed by atoms with Crippen molar-refractivity contribution in [1.82, 2.24) is 0 Å². The Kier molecular flexibility index (Phi) is 2.50. The summed E-state index contributed by atoms with van der Waals surface area (Å²) in [4.78, 5) is 0. The van der Waals surface area contributed by atoms with Crippen molar-refractivity contribution in [3.8, 4) is 0 Å². The van der Waals surface area contributed by atoms with E-state index in [-0.39, 0.29) is 0 Å².